The van der Waals surface area contributed by atoms with E-state index in [0.29, 0.717) is 10.5 Å². The van der Waals surface area contributed by atoms with Crippen LogP contribution in [0.4, 0.5) is 0 Å². The van der Waals surface area contributed by atoms with Crippen molar-refractivity contribution in [3.63, 3.8) is 0 Å². The first-order valence-corrected chi connectivity index (χ1v) is 9.46. The van der Waals surface area contributed by atoms with Crippen LogP contribution in [0, 0.1) is 6.92 Å². The van der Waals surface area contributed by atoms with E-state index in [-0.39, 0.29) is 41.2 Å². The third-order valence-corrected chi connectivity index (χ3v) is 5.36. The predicted molar refractivity (Wildman–Crippen MR) is 107 cm³/mol. The van der Waals surface area contributed by atoms with Crippen LogP contribution in [0.15, 0.2) is 56.3 Å². The normalized spacial score (nSPS) is 10.2. The van der Waals surface area contributed by atoms with Gasteiger partial charge in [-0.1, -0.05) is 11.8 Å². The van der Waals surface area contributed by atoms with Crippen LogP contribution in [0.3, 0.4) is 0 Å². The summed E-state index contributed by atoms with van der Waals surface area (Å²) < 4.78 is 24.3. The van der Waals surface area contributed by atoms with Crippen molar-refractivity contribution in [2.75, 3.05) is 6.26 Å². The van der Waals surface area contributed by atoms with Crippen LogP contribution in [-0.4, -0.2) is 31.5 Å². The number of rotatable bonds is 4. The fraction of sp³-hybridized carbons (Fsp3) is 0.133. The minimum absolute atomic E-state index is 0. The van der Waals surface area contributed by atoms with Gasteiger partial charge in [0.05, 0.1) is 4.90 Å². The summed E-state index contributed by atoms with van der Waals surface area (Å²) in [6.45, 7) is 1.69. The highest BCUT2D eigenvalue weighted by Gasteiger charge is 2.20. The third-order valence-electron chi connectivity index (χ3n) is 3.03. The molecule has 0 aliphatic heterocycles. The van der Waals surface area contributed by atoms with E-state index >= 15 is 0 Å². The molecule has 0 radical (unpaired) electrons. The number of nitrogens with two attached hydrogens (primary N) is 2. The van der Waals surface area contributed by atoms with Crippen LogP contribution in [0.2, 0.25) is 0 Å². The Morgan fingerprint density at radius 1 is 1.15 bits per heavy atom. The summed E-state index contributed by atoms with van der Waals surface area (Å²) in [6, 6.07) is 6.48. The highest BCUT2D eigenvalue weighted by Crippen LogP contribution is 2.34. The minimum atomic E-state index is -3.55. The molecule has 0 spiro atoms. The number of benzene rings is 1. The lowest BCUT2D eigenvalue weighted by Crippen LogP contribution is -2.24. The van der Waals surface area contributed by atoms with Crippen molar-refractivity contribution in [1.82, 2.24) is 4.98 Å². The molecule has 11 heteroatoms. The zero-order valence-electron chi connectivity index (χ0n) is 13.9. The molecule has 26 heavy (non-hydrogen) atoms. The smallest absolute Gasteiger partial charge is 0.280 e. The number of aromatic nitrogens is 1. The van der Waals surface area contributed by atoms with Gasteiger partial charge in [0, 0.05) is 34.0 Å². The van der Waals surface area contributed by atoms with E-state index < -0.39 is 15.7 Å². The van der Waals surface area contributed by atoms with Gasteiger partial charge >= 0.3 is 0 Å². The molecule has 142 valence electrons. The van der Waals surface area contributed by atoms with Crippen molar-refractivity contribution in [3.8, 4) is 0 Å². The van der Waals surface area contributed by atoms with E-state index in [2.05, 4.69) is 9.98 Å². The van der Waals surface area contributed by atoms with Gasteiger partial charge in [0.2, 0.25) is 0 Å². The molecule has 4 N–H and O–H groups in total. The molecule has 0 bridgehead atoms. The number of aryl methyl sites for hydroxylation is 1. The van der Waals surface area contributed by atoms with Gasteiger partial charge in [0.25, 0.3) is 5.91 Å². The average Bonchev–Trinajstić information content (AvgIpc) is 2.46. The fourth-order valence-corrected chi connectivity index (χ4v) is 4.21. The number of pyridine rings is 1. The zero-order chi connectivity index (χ0) is 17.9. The lowest BCUT2D eigenvalue weighted by atomic mass is 10.1. The first-order valence-electron chi connectivity index (χ1n) is 6.75. The number of sulfone groups is 1. The lowest BCUT2D eigenvalue weighted by Gasteiger charge is -2.12. The number of carbonyl (C=O) groups is 1. The molecule has 1 heterocycles. The predicted octanol–water partition coefficient (Wildman–Crippen LogP) is 2.20. The molecule has 0 saturated heterocycles. The first-order chi connectivity index (χ1) is 11.2. The fourth-order valence-electron chi connectivity index (χ4n) is 1.97. The maximum absolute atomic E-state index is 12.1. The molecule has 0 unspecified atom stereocenters. The number of amides is 1. The summed E-state index contributed by atoms with van der Waals surface area (Å²) in [5, 5.41) is 0. The number of hydrogen-bond donors (Lipinski definition) is 2. The van der Waals surface area contributed by atoms with Gasteiger partial charge in [0.15, 0.2) is 15.8 Å². The van der Waals surface area contributed by atoms with Crippen LogP contribution >= 0.6 is 36.6 Å². The number of aliphatic imine (C=N–C) groups is 1. The molecule has 0 fully saturated rings. The van der Waals surface area contributed by atoms with Crippen LogP contribution in [-0.2, 0) is 9.84 Å². The van der Waals surface area contributed by atoms with Gasteiger partial charge < -0.3 is 11.5 Å². The Kier molecular flexibility index (Phi) is 9.09. The van der Waals surface area contributed by atoms with Gasteiger partial charge in [-0.2, -0.15) is 4.99 Å². The minimum Gasteiger partial charge on any atom is -0.370 e. The van der Waals surface area contributed by atoms with E-state index in [9.17, 15) is 13.2 Å². The average molecular weight is 437 g/mol. The van der Waals surface area contributed by atoms with Gasteiger partial charge in [-0.05, 0) is 36.8 Å². The van der Waals surface area contributed by atoms with Crippen LogP contribution in [0.1, 0.15) is 15.9 Å². The monoisotopic (exact) mass is 436 g/mol. The van der Waals surface area contributed by atoms with Crippen LogP contribution in [0.5, 0.6) is 0 Å². The number of guanidine groups is 1. The van der Waals surface area contributed by atoms with Crippen molar-refractivity contribution in [2.45, 2.75) is 21.6 Å². The van der Waals surface area contributed by atoms with E-state index in [1.807, 2.05) is 0 Å². The summed E-state index contributed by atoms with van der Waals surface area (Å²) in [6.07, 6.45) is 4.32. The van der Waals surface area contributed by atoms with Gasteiger partial charge in [0.1, 0.15) is 0 Å². The molecule has 0 aliphatic carbocycles. The Morgan fingerprint density at radius 3 is 2.23 bits per heavy atom. The molecule has 2 rings (SSSR count). The molecule has 2 aromatic rings. The summed E-state index contributed by atoms with van der Waals surface area (Å²) in [4.78, 5) is 20.9. The summed E-state index contributed by atoms with van der Waals surface area (Å²) in [5.74, 6) is -1.06. The van der Waals surface area contributed by atoms with E-state index in [4.69, 9.17) is 11.5 Å². The van der Waals surface area contributed by atoms with Crippen molar-refractivity contribution in [1.29, 1.82) is 0 Å². The molecular weight excluding hydrogens is 419 g/mol. The summed E-state index contributed by atoms with van der Waals surface area (Å²) in [5.41, 5.74) is 11.1. The second kappa shape index (κ2) is 9.77. The first kappa shape index (κ1) is 24.2. The highest BCUT2D eigenvalue weighted by molar-refractivity contribution is 8.00. The molecule has 7 nitrogen and oxygen atoms in total. The number of hydrogen-bond acceptors (Lipinski definition) is 5. The second-order valence-corrected chi connectivity index (χ2v) is 8.11. The Hall–Kier alpha value is -1.81. The molecule has 0 atom stereocenters. The number of carbonyl (C=O) groups excluding carboxylic acids is 1. The topological polar surface area (TPSA) is 128 Å². The van der Waals surface area contributed by atoms with Crippen LogP contribution < -0.4 is 11.5 Å². The van der Waals surface area contributed by atoms with Crippen molar-refractivity contribution in [3.05, 3.63) is 47.8 Å². The standard InChI is InChI=1S/C15H16N4O3S2.2ClH/c1-9-7-12(23-10-3-5-18-6-4-10)13(24(2,21)22)8-11(9)14(20)19-15(16)17;;/h3-8H,1-2H3,(H4,16,17,19,20);2*1H. The highest BCUT2D eigenvalue weighted by atomic mass is 35.5. The maximum Gasteiger partial charge on any atom is 0.280 e. The molecule has 0 aliphatic rings. The maximum atomic E-state index is 12.1. The number of halogens is 2. The SMILES string of the molecule is Cc1cc(Sc2ccncc2)c(S(C)(=O)=O)cc1C(=O)N=C(N)N.Cl.Cl. The van der Waals surface area contributed by atoms with E-state index in [0.717, 1.165) is 11.2 Å². The third kappa shape index (κ3) is 6.17. The molecule has 1 aromatic carbocycles. The van der Waals surface area contributed by atoms with Gasteiger partial charge in [-0.3, -0.25) is 9.78 Å². The largest absolute Gasteiger partial charge is 0.370 e. The Balaban J connectivity index is 0.00000312. The van der Waals surface area contributed by atoms with Crippen molar-refractivity contribution >= 4 is 58.3 Å². The van der Waals surface area contributed by atoms with E-state index in [1.165, 1.54) is 17.8 Å². The molecule has 0 saturated carbocycles. The van der Waals surface area contributed by atoms with Gasteiger partial charge in [-0.25, -0.2) is 8.42 Å². The Bertz CT molecular complexity index is 916. The summed E-state index contributed by atoms with van der Waals surface area (Å²) >= 11 is 1.27. The lowest BCUT2D eigenvalue weighted by molar-refractivity contribution is 0.100. The summed E-state index contributed by atoms with van der Waals surface area (Å²) in [7, 11) is -3.55. The van der Waals surface area contributed by atoms with E-state index in [1.54, 1.807) is 37.5 Å². The quantitative estimate of drug-likeness (QED) is 0.554. The second-order valence-electron chi connectivity index (χ2n) is 5.01. The molecule has 1 aromatic heterocycles. The van der Waals surface area contributed by atoms with Gasteiger partial charge in [-0.15, -0.1) is 24.8 Å². The van der Waals surface area contributed by atoms with Crippen molar-refractivity contribution in [2.24, 2.45) is 16.5 Å². The van der Waals surface area contributed by atoms with Crippen LogP contribution in [0.25, 0.3) is 0 Å². The zero-order valence-corrected chi connectivity index (χ0v) is 17.1. The Morgan fingerprint density at radius 2 is 1.73 bits per heavy atom. The number of nitrogens with zero attached hydrogens (tertiary/aromatic N) is 2. The molecular formula is C15H18Cl2N4O3S2. The van der Waals surface area contributed by atoms with Crippen molar-refractivity contribution < 1.29 is 13.2 Å². The Labute approximate surface area is 168 Å². The molecule has 1 amide bonds.